The molecule has 0 fully saturated rings. The molecule has 0 unspecified atom stereocenters. The molecule has 0 saturated heterocycles. The highest BCUT2D eigenvalue weighted by Gasteiger charge is 2.26. The van der Waals surface area contributed by atoms with E-state index in [1.165, 1.54) is 11.2 Å². The van der Waals surface area contributed by atoms with Crippen molar-refractivity contribution in [2.75, 3.05) is 18.5 Å². The summed E-state index contributed by atoms with van der Waals surface area (Å²) in [5.74, 6) is -0.0122. The van der Waals surface area contributed by atoms with Crippen LogP contribution in [0.2, 0.25) is 0 Å². The molecule has 134 valence electrons. The molecule has 1 aromatic heterocycles. The fraction of sp³-hybridized carbons (Fsp3) is 0.389. The number of amides is 1. The molecule has 0 saturated carbocycles. The van der Waals surface area contributed by atoms with E-state index in [2.05, 4.69) is 0 Å². The van der Waals surface area contributed by atoms with E-state index in [1.807, 2.05) is 18.4 Å². The predicted molar refractivity (Wildman–Crippen MR) is 100 cm³/mol. The van der Waals surface area contributed by atoms with Gasteiger partial charge in [0.2, 0.25) is 15.9 Å². The maximum absolute atomic E-state index is 12.9. The van der Waals surface area contributed by atoms with Gasteiger partial charge in [-0.1, -0.05) is 0 Å². The average Bonchev–Trinajstić information content (AvgIpc) is 2.98. The number of nitrogens with zero attached hydrogens (tertiary/aromatic N) is 2. The van der Waals surface area contributed by atoms with Gasteiger partial charge >= 0.3 is 0 Å². The van der Waals surface area contributed by atoms with Gasteiger partial charge in [-0.05, 0) is 60.5 Å². The van der Waals surface area contributed by atoms with E-state index in [1.54, 1.807) is 41.5 Å². The summed E-state index contributed by atoms with van der Waals surface area (Å²) in [5.41, 5.74) is 2.85. The van der Waals surface area contributed by atoms with Crippen molar-refractivity contribution in [2.24, 2.45) is 0 Å². The van der Waals surface area contributed by atoms with Crippen LogP contribution in [0.5, 0.6) is 0 Å². The van der Waals surface area contributed by atoms with Gasteiger partial charge in [0, 0.05) is 37.6 Å². The Morgan fingerprint density at radius 3 is 2.72 bits per heavy atom. The molecular weight excluding hydrogens is 356 g/mol. The number of carbonyl (C=O) groups is 1. The van der Waals surface area contributed by atoms with Crippen LogP contribution in [0.3, 0.4) is 0 Å². The number of anilines is 1. The molecule has 1 aliphatic rings. The topological polar surface area (TPSA) is 57.7 Å². The summed E-state index contributed by atoms with van der Waals surface area (Å²) in [6, 6.07) is 7.08. The number of benzene rings is 1. The van der Waals surface area contributed by atoms with E-state index >= 15 is 0 Å². The highest BCUT2D eigenvalue weighted by atomic mass is 32.2. The lowest BCUT2D eigenvalue weighted by molar-refractivity contribution is -0.116. The molecule has 2 aromatic rings. The van der Waals surface area contributed by atoms with E-state index in [4.69, 9.17) is 0 Å². The number of carbonyl (C=O) groups excluding carboxylic acids is 1. The van der Waals surface area contributed by atoms with Gasteiger partial charge in [-0.3, -0.25) is 4.79 Å². The van der Waals surface area contributed by atoms with Crippen LogP contribution in [0, 0.1) is 6.92 Å². The number of aryl methyl sites for hydroxylation is 2. The summed E-state index contributed by atoms with van der Waals surface area (Å²) < 4.78 is 27.2. The highest BCUT2D eigenvalue weighted by molar-refractivity contribution is 7.89. The zero-order valence-electron chi connectivity index (χ0n) is 14.7. The number of hydrogen-bond acceptors (Lipinski definition) is 4. The second-order valence-electron chi connectivity index (χ2n) is 6.35. The lowest BCUT2D eigenvalue weighted by Crippen LogP contribution is -2.34. The second kappa shape index (κ2) is 6.90. The van der Waals surface area contributed by atoms with Gasteiger partial charge in [0.05, 0.1) is 4.90 Å². The van der Waals surface area contributed by atoms with Crippen LogP contribution in [0.15, 0.2) is 34.5 Å². The van der Waals surface area contributed by atoms with E-state index in [9.17, 15) is 13.2 Å². The van der Waals surface area contributed by atoms with Crippen molar-refractivity contribution in [1.82, 2.24) is 4.31 Å². The third-order valence-corrected chi connectivity index (χ3v) is 7.40. The van der Waals surface area contributed by atoms with Gasteiger partial charge in [-0.25, -0.2) is 8.42 Å². The molecule has 3 rings (SSSR count). The average molecular weight is 379 g/mol. The quantitative estimate of drug-likeness (QED) is 0.821. The van der Waals surface area contributed by atoms with Crippen LogP contribution < -0.4 is 4.90 Å². The Balaban J connectivity index is 1.90. The molecule has 0 atom stereocenters. The van der Waals surface area contributed by atoms with Crippen molar-refractivity contribution in [3.05, 3.63) is 45.6 Å². The highest BCUT2D eigenvalue weighted by Crippen LogP contribution is 2.31. The molecule has 7 heteroatoms. The van der Waals surface area contributed by atoms with Crippen molar-refractivity contribution >= 4 is 33.0 Å². The lowest BCUT2D eigenvalue weighted by atomic mass is 10.0. The number of thiophene rings is 1. The van der Waals surface area contributed by atoms with Gasteiger partial charge in [-0.2, -0.15) is 4.31 Å². The van der Waals surface area contributed by atoms with Crippen molar-refractivity contribution in [2.45, 2.75) is 38.1 Å². The van der Waals surface area contributed by atoms with Crippen LogP contribution in [-0.2, 0) is 27.8 Å². The summed E-state index contributed by atoms with van der Waals surface area (Å²) >= 11 is 1.57. The molecule has 0 bridgehead atoms. The molecule has 0 aliphatic carbocycles. The first kappa shape index (κ1) is 18.1. The maximum Gasteiger partial charge on any atom is 0.243 e. The number of sulfonamides is 1. The van der Waals surface area contributed by atoms with Crippen LogP contribution >= 0.6 is 11.3 Å². The Bertz CT molecular complexity index is 903. The minimum Gasteiger partial charge on any atom is -0.312 e. The van der Waals surface area contributed by atoms with Crippen LogP contribution in [0.1, 0.15) is 29.3 Å². The van der Waals surface area contributed by atoms with Gasteiger partial charge in [0.1, 0.15) is 0 Å². The number of hydrogen-bond donors (Lipinski definition) is 0. The molecule has 1 aliphatic heterocycles. The first-order valence-electron chi connectivity index (χ1n) is 8.21. The fourth-order valence-corrected chi connectivity index (χ4v) is 5.32. The van der Waals surface area contributed by atoms with Gasteiger partial charge < -0.3 is 4.90 Å². The van der Waals surface area contributed by atoms with Crippen LogP contribution in [-0.4, -0.2) is 32.2 Å². The maximum atomic E-state index is 12.9. The Morgan fingerprint density at radius 2 is 2.08 bits per heavy atom. The van der Waals surface area contributed by atoms with E-state index in [-0.39, 0.29) is 10.8 Å². The largest absolute Gasteiger partial charge is 0.312 e. The van der Waals surface area contributed by atoms with Crippen LogP contribution in [0.4, 0.5) is 5.69 Å². The van der Waals surface area contributed by atoms with Gasteiger partial charge in [-0.15, -0.1) is 11.3 Å². The summed E-state index contributed by atoms with van der Waals surface area (Å²) in [6.07, 6.45) is 1.64. The second-order valence-corrected chi connectivity index (χ2v) is 9.40. The summed E-state index contributed by atoms with van der Waals surface area (Å²) in [5, 5.41) is 1.97. The van der Waals surface area contributed by atoms with Crippen molar-refractivity contribution < 1.29 is 13.2 Å². The first-order valence-corrected chi connectivity index (χ1v) is 10.5. The Labute approximate surface area is 152 Å². The lowest BCUT2D eigenvalue weighted by Gasteiger charge is -2.29. The van der Waals surface area contributed by atoms with E-state index in [0.29, 0.717) is 13.1 Å². The van der Waals surface area contributed by atoms with Crippen molar-refractivity contribution in [1.29, 1.82) is 0 Å². The minimum absolute atomic E-state index is 0.0122. The third-order valence-electron chi connectivity index (χ3n) is 4.59. The first-order chi connectivity index (χ1) is 11.8. The Kier molecular flexibility index (Phi) is 4.99. The van der Waals surface area contributed by atoms with Crippen molar-refractivity contribution in [3.8, 4) is 0 Å². The Morgan fingerprint density at radius 1 is 1.32 bits per heavy atom. The summed E-state index contributed by atoms with van der Waals surface area (Å²) in [4.78, 5) is 14.8. The molecule has 0 spiro atoms. The SMILES string of the molecule is CC(=O)N1CCCc2cc(S(=O)(=O)N(C)Cc3sccc3C)ccc21. The molecule has 1 amide bonds. The molecule has 5 nitrogen and oxygen atoms in total. The zero-order chi connectivity index (χ0) is 18.2. The van der Waals surface area contributed by atoms with Gasteiger partial charge in [0.25, 0.3) is 0 Å². The minimum atomic E-state index is -3.57. The number of rotatable bonds is 4. The zero-order valence-corrected chi connectivity index (χ0v) is 16.3. The fourth-order valence-electron chi connectivity index (χ4n) is 3.09. The monoisotopic (exact) mass is 378 g/mol. The van der Waals surface area contributed by atoms with E-state index in [0.717, 1.165) is 34.5 Å². The third kappa shape index (κ3) is 3.49. The summed E-state index contributed by atoms with van der Waals surface area (Å²) in [7, 11) is -1.96. The molecule has 0 N–H and O–H groups in total. The molecular formula is C18H22N2O3S2. The Hall–Kier alpha value is -1.70. The molecule has 25 heavy (non-hydrogen) atoms. The van der Waals surface area contributed by atoms with Gasteiger partial charge in [0.15, 0.2) is 0 Å². The van der Waals surface area contributed by atoms with E-state index < -0.39 is 10.0 Å². The predicted octanol–water partition coefficient (Wildman–Crippen LogP) is 3.18. The molecule has 2 heterocycles. The summed E-state index contributed by atoms with van der Waals surface area (Å²) in [6.45, 7) is 4.58. The molecule has 0 radical (unpaired) electrons. The number of fused-ring (bicyclic) bond motifs is 1. The molecule has 1 aromatic carbocycles. The standard InChI is InChI=1S/C18H22N2O3S2/c1-13-8-10-24-18(13)12-19(3)25(22,23)16-6-7-17-15(11-16)5-4-9-20(17)14(2)21/h6-8,10-11H,4-5,9,12H2,1-3H3. The smallest absolute Gasteiger partial charge is 0.243 e. The normalized spacial score (nSPS) is 14.6. The van der Waals surface area contributed by atoms with Crippen LogP contribution in [0.25, 0.3) is 0 Å². The van der Waals surface area contributed by atoms with Crippen molar-refractivity contribution in [3.63, 3.8) is 0 Å².